The van der Waals surface area contributed by atoms with E-state index in [0.29, 0.717) is 10.8 Å². The van der Waals surface area contributed by atoms with Crippen LogP contribution in [0, 0.1) is 6.92 Å². The fraction of sp³-hybridized carbons (Fsp3) is 0.429. The van der Waals surface area contributed by atoms with Gasteiger partial charge in [0, 0.05) is 17.5 Å². The molecule has 2 aromatic heterocycles. The van der Waals surface area contributed by atoms with Crippen LogP contribution in [-0.2, 0) is 16.6 Å². The molecule has 2 N–H and O–H groups in total. The van der Waals surface area contributed by atoms with Crippen molar-refractivity contribution in [2.45, 2.75) is 37.6 Å². The number of thiophene rings is 2. The molecule has 0 radical (unpaired) electrons. The van der Waals surface area contributed by atoms with Crippen molar-refractivity contribution < 1.29 is 8.42 Å². The second kappa shape index (κ2) is 7.02. The highest BCUT2D eigenvalue weighted by molar-refractivity contribution is 7.91. The number of hydrogen-bond acceptors (Lipinski definition) is 5. The van der Waals surface area contributed by atoms with Crippen LogP contribution in [-0.4, -0.2) is 15.0 Å². The predicted octanol–water partition coefficient (Wildman–Crippen LogP) is 3.27. The van der Waals surface area contributed by atoms with Gasteiger partial charge in [-0.15, -0.1) is 11.3 Å². The first kappa shape index (κ1) is 16.6. The molecule has 0 saturated heterocycles. The molecular formula is C14H20N2O2S3. The first-order valence-electron chi connectivity index (χ1n) is 6.78. The normalized spacial score (nSPS) is 13.5. The number of hydrogen-bond donors (Lipinski definition) is 2. The van der Waals surface area contributed by atoms with Crippen molar-refractivity contribution in [3.05, 3.63) is 38.9 Å². The van der Waals surface area contributed by atoms with Crippen molar-refractivity contribution in [1.29, 1.82) is 0 Å². The molecule has 21 heavy (non-hydrogen) atoms. The molecule has 4 nitrogen and oxygen atoms in total. The molecular weight excluding hydrogens is 324 g/mol. The maximum absolute atomic E-state index is 12.5. The molecule has 116 valence electrons. The average Bonchev–Trinajstić information content (AvgIpc) is 3.05. The van der Waals surface area contributed by atoms with Crippen molar-refractivity contribution in [3.63, 3.8) is 0 Å². The van der Waals surface area contributed by atoms with Crippen LogP contribution in [0.25, 0.3) is 0 Å². The SMILES string of the molecule is CCNCc1sc(S(=O)(=O)NC(C)c2ccsc2)cc1C. The summed E-state index contributed by atoms with van der Waals surface area (Å²) in [5.41, 5.74) is 2.01. The Morgan fingerprint density at radius 1 is 1.38 bits per heavy atom. The zero-order chi connectivity index (χ0) is 15.5. The van der Waals surface area contributed by atoms with Crippen LogP contribution in [0.2, 0.25) is 0 Å². The summed E-state index contributed by atoms with van der Waals surface area (Å²) in [6.07, 6.45) is 0. The standard InChI is InChI=1S/C14H20N2O2S3/c1-4-15-8-13-10(2)7-14(20-13)21(17,18)16-11(3)12-5-6-19-9-12/h5-7,9,11,15-16H,4,8H2,1-3H3. The minimum atomic E-state index is -3.47. The summed E-state index contributed by atoms with van der Waals surface area (Å²) < 4.78 is 28.0. The van der Waals surface area contributed by atoms with Crippen LogP contribution < -0.4 is 10.0 Å². The van der Waals surface area contributed by atoms with Gasteiger partial charge in [0.25, 0.3) is 10.0 Å². The van der Waals surface area contributed by atoms with Gasteiger partial charge in [-0.2, -0.15) is 11.3 Å². The Morgan fingerprint density at radius 2 is 2.14 bits per heavy atom. The molecule has 0 aliphatic rings. The lowest BCUT2D eigenvalue weighted by atomic mass is 10.2. The van der Waals surface area contributed by atoms with Gasteiger partial charge in [-0.25, -0.2) is 13.1 Å². The Labute approximate surface area is 134 Å². The summed E-state index contributed by atoms with van der Waals surface area (Å²) in [6, 6.07) is 3.47. The van der Waals surface area contributed by atoms with E-state index in [0.717, 1.165) is 22.5 Å². The van der Waals surface area contributed by atoms with Gasteiger partial charge >= 0.3 is 0 Å². The topological polar surface area (TPSA) is 58.2 Å². The van der Waals surface area contributed by atoms with Crippen LogP contribution in [0.1, 0.15) is 35.9 Å². The second-order valence-corrected chi connectivity index (χ2v) is 8.71. The third-order valence-corrected chi connectivity index (χ3v) is 7.13. The van der Waals surface area contributed by atoms with Gasteiger partial charge in [-0.05, 0) is 54.4 Å². The van der Waals surface area contributed by atoms with Crippen LogP contribution in [0.5, 0.6) is 0 Å². The highest BCUT2D eigenvalue weighted by Gasteiger charge is 2.21. The molecule has 7 heteroatoms. The minimum absolute atomic E-state index is 0.221. The van der Waals surface area contributed by atoms with E-state index in [2.05, 4.69) is 10.0 Å². The Morgan fingerprint density at radius 3 is 2.76 bits per heavy atom. The second-order valence-electron chi connectivity index (χ2n) is 4.85. The Kier molecular flexibility index (Phi) is 5.56. The minimum Gasteiger partial charge on any atom is -0.312 e. The third kappa shape index (κ3) is 4.14. The molecule has 2 heterocycles. The van der Waals surface area contributed by atoms with Crippen LogP contribution in [0.15, 0.2) is 27.1 Å². The van der Waals surface area contributed by atoms with Crippen molar-refractivity contribution >= 4 is 32.7 Å². The molecule has 0 fully saturated rings. The Hall–Kier alpha value is -0.730. The van der Waals surface area contributed by atoms with Crippen molar-refractivity contribution in [2.75, 3.05) is 6.54 Å². The maximum Gasteiger partial charge on any atom is 0.250 e. The van der Waals surface area contributed by atoms with Crippen molar-refractivity contribution in [3.8, 4) is 0 Å². The van der Waals surface area contributed by atoms with Gasteiger partial charge in [0.2, 0.25) is 0 Å². The van der Waals surface area contributed by atoms with Gasteiger partial charge in [0.15, 0.2) is 0 Å². The van der Waals surface area contributed by atoms with Gasteiger partial charge < -0.3 is 5.32 Å². The molecule has 0 spiro atoms. The predicted molar refractivity (Wildman–Crippen MR) is 89.5 cm³/mol. The lowest BCUT2D eigenvalue weighted by Crippen LogP contribution is -2.25. The molecule has 2 aromatic rings. The first-order chi connectivity index (χ1) is 9.94. The Balaban J connectivity index is 2.16. The molecule has 1 atom stereocenters. The number of rotatable bonds is 7. The molecule has 0 saturated carbocycles. The lowest BCUT2D eigenvalue weighted by Gasteiger charge is -2.11. The Bertz CT molecular complexity index is 675. The first-order valence-corrected chi connectivity index (χ1v) is 10.0. The molecule has 2 rings (SSSR count). The summed E-state index contributed by atoms with van der Waals surface area (Å²) in [5.74, 6) is 0. The summed E-state index contributed by atoms with van der Waals surface area (Å²) >= 11 is 2.90. The molecule has 0 bridgehead atoms. The summed E-state index contributed by atoms with van der Waals surface area (Å²) in [7, 11) is -3.47. The van der Waals surface area contributed by atoms with Gasteiger partial charge in [-0.3, -0.25) is 0 Å². The quantitative estimate of drug-likeness (QED) is 0.810. The van der Waals surface area contributed by atoms with Crippen LogP contribution in [0.4, 0.5) is 0 Å². The van der Waals surface area contributed by atoms with E-state index >= 15 is 0 Å². The summed E-state index contributed by atoms with van der Waals surface area (Å²) in [4.78, 5) is 1.07. The largest absolute Gasteiger partial charge is 0.312 e. The maximum atomic E-state index is 12.5. The summed E-state index contributed by atoms with van der Waals surface area (Å²) in [5, 5.41) is 7.14. The fourth-order valence-corrected chi connectivity index (χ4v) is 5.48. The van der Waals surface area contributed by atoms with Crippen molar-refractivity contribution in [1.82, 2.24) is 10.0 Å². The van der Waals surface area contributed by atoms with E-state index < -0.39 is 10.0 Å². The van der Waals surface area contributed by atoms with E-state index in [1.165, 1.54) is 11.3 Å². The van der Waals surface area contributed by atoms with Crippen LogP contribution >= 0.6 is 22.7 Å². The molecule has 0 aromatic carbocycles. The third-order valence-electron chi connectivity index (χ3n) is 3.17. The number of aryl methyl sites for hydroxylation is 1. The van der Waals surface area contributed by atoms with Crippen molar-refractivity contribution in [2.24, 2.45) is 0 Å². The van der Waals surface area contributed by atoms with E-state index in [4.69, 9.17) is 0 Å². The van der Waals surface area contributed by atoms with Gasteiger partial charge in [0.05, 0.1) is 0 Å². The van der Waals surface area contributed by atoms with Gasteiger partial charge in [-0.1, -0.05) is 6.92 Å². The average molecular weight is 345 g/mol. The smallest absolute Gasteiger partial charge is 0.250 e. The summed E-state index contributed by atoms with van der Waals surface area (Å²) in [6.45, 7) is 7.42. The number of nitrogens with one attached hydrogen (secondary N) is 2. The number of sulfonamides is 1. The lowest BCUT2D eigenvalue weighted by molar-refractivity contribution is 0.569. The highest BCUT2D eigenvalue weighted by atomic mass is 32.2. The van der Waals surface area contributed by atoms with Gasteiger partial charge in [0.1, 0.15) is 4.21 Å². The molecule has 1 unspecified atom stereocenters. The fourth-order valence-electron chi connectivity index (χ4n) is 1.92. The zero-order valence-corrected chi connectivity index (χ0v) is 14.8. The van der Waals surface area contributed by atoms with E-state index in [-0.39, 0.29) is 6.04 Å². The van der Waals surface area contributed by atoms with E-state index in [1.54, 1.807) is 17.4 Å². The van der Waals surface area contributed by atoms with E-state index in [9.17, 15) is 8.42 Å². The zero-order valence-electron chi connectivity index (χ0n) is 12.3. The molecule has 0 aliphatic carbocycles. The highest BCUT2D eigenvalue weighted by Crippen LogP contribution is 2.27. The van der Waals surface area contributed by atoms with E-state index in [1.807, 2.05) is 37.6 Å². The van der Waals surface area contributed by atoms with Crippen LogP contribution in [0.3, 0.4) is 0 Å². The molecule has 0 amide bonds. The molecule has 0 aliphatic heterocycles. The monoisotopic (exact) mass is 344 g/mol.